The molecule has 6 heteroatoms. The Hall–Kier alpha value is -2.73. The van der Waals surface area contributed by atoms with Crippen LogP contribution in [-0.4, -0.2) is 35.3 Å². The van der Waals surface area contributed by atoms with Crippen LogP contribution < -0.4 is 10.2 Å². The van der Waals surface area contributed by atoms with Gasteiger partial charge in [0.25, 0.3) is 0 Å². The number of thioether (sulfide) groups is 1. The first kappa shape index (κ1) is 19.0. The number of nitrogens with one attached hydrogen (secondary N) is 1. The SMILES string of the molecule is Cc1ccccc1-n1ccnc1SCC(=O)NCc1ccc(N(C)C)cc1. The molecule has 0 saturated heterocycles. The summed E-state index contributed by atoms with van der Waals surface area (Å²) in [6.45, 7) is 2.59. The number of amides is 1. The van der Waals surface area contributed by atoms with Crippen LogP contribution in [0.2, 0.25) is 0 Å². The van der Waals surface area contributed by atoms with Gasteiger partial charge in [-0.2, -0.15) is 0 Å². The first-order valence-electron chi connectivity index (χ1n) is 8.79. The van der Waals surface area contributed by atoms with Crippen LogP contribution in [0.3, 0.4) is 0 Å². The lowest BCUT2D eigenvalue weighted by Gasteiger charge is -2.13. The standard InChI is InChI=1S/C21H24N4OS/c1-16-6-4-5-7-19(16)25-13-12-22-21(25)27-15-20(26)23-14-17-8-10-18(11-9-17)24(2)3/h4-13H,14-15H2,1-3H3,(H,23,26). The lowest BCUT2D eigenvalue weighted by atomic mass is 10.2. The monoisotopic (exact) mass is 380 g/mol. The molecule has 5 nitrogen and oxygen atoms in total. The zero-order chi connectivity index (χ0) is 19.2. The van der Waals surface area contributed by atoms with Crippen molar-refractivity contribution in [1.82, 2.24) is 14.9 Å². The molecule has 1 amide bonds. The van der Waals surface area contributed by atoms with Crippen molar-refractivity contribution >= 4 is 23.4 Å². The van der Waals surface area contributed by atoms with E-state index in [1.165, 1.54) is 17.3 Å². The summed E-state index contributed by atoms with van der Waals surface area (Å²) in [5.41, 5.74) is 4.48. The van der Waals surface area contributed by atoms with Crippen molar-refractivity contribution in [2.75, 3.05) is 24.7 Å². The van der Waals surface area contributed by atoms with Crippen molar-refractivity contribution < 1.29 is 4.79 Å². The number of rotatable bonds is 7. The minimum atomic E-state index is -0.00369. The predicted molar refractivity (Wildman–Crippen MR) is 112 cm³/mol. The van der Waals surface area contributed by atoms with E-state index in [-0.39, 0.29) is 5.91 Å². The van der Waals surface area contributed by atoms with Gasteiger partial charge in [-0.05, 0) is 36.2 Å². The third-order valence-electron chi connectivity index (χ3n) is 4.26. The minimum Gasteiger partial charge on any atom is -0.378 e. The Balaban J connectivity index is 1.54. The lowest BCUT2D eigenvalue weighted by Crippen LogP contribution is -2.24. The summed E-state index contributed by atoms with van der Waals surface area (Å²) in [6, 6.07) is 16.3. The number of hydrogen-bond acceptors (Lipinski definition) is 4. The van der Waals surface area contributed by atoms with E-state index in [9.17, 15) is 4.79 Å². The number of imidazole rings is 1. The number of carbonyl (C=O) groups excluding carboxylic acids is 1. The Kier molecular flexibility index (Phi) is 6.19. The molecule has 1 heterocycles. The molecular formula is C21H24N4OS. The maximum absolute atomic E-state index is 12.2. The van der Waals surface area contributed by atoms with Crippen LogP contribution in [-0.2, 0) is 11.3 Å². The van der Waals surface area contributed by atoms with Gasteiger partial charge in [0.05, 0.1) is 11.4 Å². The number of para-hydroxylation sites is 1. The molecule has 27 heavy (non-hydrogen) atoms. The maximum atomic E-state index is 12.2. The van der Waals surface area contributed by atoms with Gasteiger partial charge in [-0.1, -0.05) is 42.1 Å². The molecule has 0 aliphatic carbocycles. The van der Waals surface area contributed by atoms with Crippen molar-refractivity contribution in [3.63, 3.8) is 0 Å². The van der Waals surface area contributed by atoms with Crippen LogP contribution in [0.4, 0.5) is 5.69 Å². The zero-order valence-electron chi connectivity index (χ0n) is 15.8. The molecule has 0 aliphatic rings. The second kappa shape index (κ2) is 8.77. The average molecular weight is 381 g/mol. The van der Waals surface area contributed by atoms with E-state index in [2.05, 4.69) is 46.4 Å². The molecule has 2 aromatic carbocycles. The molecule has 1 aromatic heterocycles. The summed E-state index contributed by atoms with van der Waals surface area (Å²) in [5, 5.41) is 3.78. The van der Waals surface area contributed by atoms with Crippen LogP contribution >= 0.6 is 11.8 Å². The average Bonchev–Trinajstić information content (AvgIpc) is 3.13. The van der Waals surface area contributed by atoms with Gasteiger partial charge in [0, 0.05) is 38.7 Å². The fourth-order valence-corrected chi connectivity index (χ4v) is 3.50. The first-order valence-corrected chi connectivity index (χ1v) is 9.78. The molecule has 0 aliphatic heterocycles. The predicted octanol–water partition coefficient (Wildman–Crippen LogP) is 3.66. The van der Waals surface area contributed by atoms with Crippen molar-refractivity contribution in [2.45, 2.75) is 18.6 Å². The molecule has 0 unspecified atom stereocenters. The lowest BCUT2D eigenvalue weighted by molar-refractivity contribution is -0.118. The molecular weight excluding hydrogens is 356 g/mol. The zero-order valence-corrected chi connectivity index (χ0v) is 16.7. The second-order valence-electron chi connectivity index (χ2n) is 6.49. The molecule has 0 bridgehead atoms. The van der Waals surface area contributed by atoms with E-state index in [1.54, 1.807) is 6.20 Å². The van der Waals surface area contributed by atoms with Crippen molar-refractivity contribution in [3.8, 4) is 5.69 Å². The number of anilines is 1. The highest BCUT2D eigenvalue weighted by atomic mass is 32.2. The van der Waals surface area contributed by atoms with E-state index >= 15 is 0 Å². The van der Waals surface area contributed by atoms with Gasteiger partial charge in [0.2, 0.25) is 5.91 Å². The van der Waals surface area contributed by atoms with Gasteiger partial charge in [-0.25, -0.2) is 4.98 Å². The second-order valence-corrected chi connectivity index (χ2v) is 7.44. The highest BCUT2D eigenvalue weighted by molar-refractivity contribution is 7.99. The smallest absolute Gasteiger partial charge is 0.230 e. The van der Waals surface area contributed by atoms with Crippen LogP contribution in [0.1, 0.15) is 11.1 Å². The highest BCUT2D eigenvalue weighted by Gasteiger charge is 2.10. The van der Waals surface area contributed by atoms with E-state index < -0.39 is 0 Å². The molecule has 0 saturated carbocycles. The normalized spacial score (nSPS) is 10.6. The Morgan fingerprint density at radius 3 is 2.59 bits per heavy atom. The molecule has 3 rings (SSSR count). The molecule has 0 atom stereocenters. The van der Waals surface area contributed by atoms with Crippen LogP contribution in [0.5, 0.6) is 0 Å². The summed E-state index contributed by atoms with van der Waals surface area (Å²) < 4.78 is 2.02. The highest BCUT2D eigenvalue weighted by Crippen LogP contribution is 2.22. The number of aryl methyl sites for hydroxylation is 1. The van der Waals surface area contributed by atoms with Gasteiger partial charge < -0.3 is 10.2 Å². The summed E-state index contributed by atoms with van der Waals surface area (Å²) in [5.74, 6) is 0.328. The van der Waals surface area contributed by atoms with E-state index in [0.29, 0.717) is 12.3 Å². The molecule has 0 radical (unpaired) electrons. The Bertz CT molecular complexity index is 903. The molecule has 0 fully saturated rings. The largest absolute Gasteiger partial charge is 0.378 e. The van der Waals surface area contributed by atoms with Crippen molar-refractivity contribution in [3.05, 3.63) is 72.1 Å². The molecule has 1 N–H and O–H groups in total. The van der Waals surface area contributed by atoms with Crippen molar-refractivity contribution in [1.29, 1.82) is 0 Å². The summed E-state index contributed by atoms with van der Waals surface area (Å²) in [6.07, 6.45) is 3.69. The van der Waals surface area contributed by atoms with E-state index in [0.717, 1.165) is 22.1 Å². The molecule has 140 valence electrons. The number of benzene rings is 2. The van der Waals surface area contributed by atoms with Crippen LogP contribution in [0.15, 0.2) is 66.1 Å². The van der Waals surface area contributed by atoms with E-state index in [4.69, 9.17) is 0 Å². The van der Waals surface area contributed by atoms with Gasteiger partial charge in [0.15, 0.2) is 5.16 Å². The molecule has 3 aromatic rings. The first-order chi connectivity index (χ1) is 13.0. The number of hydrogen-bond donors (Lipinski definition) is 1. The Morgan fingerprint density at radius 2 is 1.89 bits per heavy atom. The topological polar surface area (TPSA) is 50.2 Å². The minimum absolute atomic E-state index is 0.00369. The van der Waals surface area contributed by atoms with E-state index in [1.807, 2.05) is 49.1 Å². The number of carbonyl (C=O) groups is 1. The number of aromatic nitrogens is 2. The van der Waals surface area contributed by atoms with Crippen LogP contribution in [0.25, 0.3) is 5.69 Å². The van der Waals surface area contributed by atoms with Gasteiger partial charge >= 0.3 is 0 Å². The van der Waals surface area contributed by atoms with Gasteiger partial charge in [0.1, 0.15) is 0 Å². The number of nitrogens with zero attached hydrogens (tertiary/aromatic N) is 3. The van der Waals surface area contributed by atoms with Crippen LogP contribution in [0, 0.1) is 6.92 Å². The fourth-order valence-electron chi connectivity index (χ4n) is 2.71. The quantitative estimate of drug-likeness (QED) is 0.636. The maximum Gasteiger partial charge on any atom is 0.230 e. The van der Waals surface area contributed by atoms with Gasteiger partial charge in [-0.3, -0.25) is 9.36 Å². The summed E-state index contributed by atoms with van der Waals surface area (Å²) in [7, 11) is 4.02. The fraction of sp³-hybridized carbons (Fsp3) is 0.238. The third kappa shape index (κ3) is 4.92. The summed E-state index contributed by atoms with van der Waals surface area (Å²) >= 11 is 1.44. The molecule has 0 spiro atoms. The Labute approximate surface area is 164 Å². The Morgan fingerprint density at radius 1 is 1.15 bits per heavy atom. The third-order valence-corrected chi connectivity index (χ3v) is 5.22. The van der Waals surface area contributed by atoms with Gasteiger partial charge in [-0.15, -0.1) is 0 Å². The van der Waals surface area contributed by atoms with Crippen molar-refractivity contribution in [2.24, 2.45) is 0 Å². The summed E-state index contributed by atoms with van der Waals surface area (Å²) in [4.78, 5) is 18.7.